The molecule has 0 saturated carbocycles. The lowest BCUT2D eigenvalue weighted by molar-refractivity contribution is 0.102. The lowest BCUT2D eigenvalue weighted by atomic mass is 10.1. The first-order valence-electron chi connectivity index (χ1n) is 8.56. The Morgan fingerprint density at radius 1 is 0.964 bits per heavy atom. The second-order valence-corrected chi connectivity index (χ2v) is 8.07. The molecular formula is C21H19FN2O3S. The van der Waals surface area contributed by atoms with Gasteiger partial charge in [0.2, 0.25) is 10.0 Å². The zero-order chi connectivity index (χ0) is 20.1. The van der Waals surface area contributed by atoms with Crippen LogP contribution in [-0.4, -0.2) is 14.3 Å². The molecule has 0 spiro atoms. The molecule has 3 rings (SSSR count). The van der Waals surface area contributed by atoms with Gasteiger partial charge in [-0.2, -0.15) is 0 Å². The topological polar surface area (TPSA) is 75.3 Å². The summed E-state index contributed by atoms with van der Waals surface area (Å²) in [6.45, 7) is 2.08. The molecule has 5 nitrogen and oxygen atoms in total. The van der Waals surface area contributed by atoms with E-state index in [0.717, 1.165) is 11.1 Å². The van der Waals surface area contributed by atoms with E-state index >= 15 is 0 Å². The summed E-state index contributed by atoms with van der Waals surface area (Å²) in [5, 5.41) is 2.61. The number of aryl methyl sites for hydroxylation is 1. The summed E-state index contributed by atoms with van der Waals surface area (Å²) < 4.78 is 40.7. The first kappa shape index (κ1) is 19.7. The SMILES string of the molecule is Cc1cccc(CNS(=O)(=O)c2cccc(C(=O)Nc3ccc(F)cc3)c2)c1. The number of sulfonamides is 1. The maximum absolute atomic E-state index is 13.0. The van der Waals surface area contributed by atoms with Gasteiger partial charge in [-0.3, -0.25) is 4.79 Å². The number of hydrogen-bond donors (Lipinski definition) is 2. The molecule has 3 aromatic carbocycles. The first-order valence-corrected chi connectivity index (χ1v) is 10.0. The zero-order valence-electron chi connectivity index (χ0n) is 15.1. The Bertz CT molecular complexity index is 1100. The van der Waals surface area contributed by atoms with Gasteiger partial charge in [-0.05, 0) is 55.0 Å². The van der Waals surface area contributed by atoms with Gasteiger partial charge < -0.3 is 5.32 Å². The number of hydrogen-bond acceptors (Lipinski definition) is 3. The quantitative estimate of drug-likeness (QED) is 0.662. The van der Waals surface area contributed by atoms with Crippen molar-refractivity contribution >= 4 is 21.6 Å². The number of halogens is 1. The van der Waals surface area contributed by atoms with Crippen molar-refractivity contribution in [3.05, 3.63) is 95.3 Å². The fourth-order valence-corrected chi connectivity index (χ4v) is 3.69. The van der Waals surface area contributed by atoms with E-state index in [1.807, 2.05) is 31.2 Å². The van der Waals surface area contributed by atoms with Crippen LogP contribution < -0.4 is 10.0 Å². The van der Waals surface area contributed by atoms with Crippen LogP contribution in [0, 0.1) is 12.7 Å². The fourth-order valence-electron chi connectivity index (χ4n) is 2.62. The summed E-state index contributed by atoms with van der Waals surface area (Å²) in [6, 6.07) is 18.6. The van der Waals surface area contributed by atoms with Crippen LogP contribution in [0.5, 0.6) is 0 Å². The van der Waals surface area contributed by atoms with Gasteiger partial charge in [0, 0.05) is 17.8 Å². The summed E-state index contributed by atoms with van der Waals surface area (Å²) in [6.07, 6.45) is 0. The molecule has 0 aliphatic carbocycles. The molecule has 0 fully saturated rings. The number of anilines is 1. The summed E-state index contributed by atoms with van der Waals surface area (Å²) >= 11 is 0. The van der Waals surface area contributed by atoms with Gasteiger partial charge >= 0.3 is 0 Å². The predicted octanol–water partition coefficient (Wildman–Crippen LogP) is 3.86. The Hall–Kier alpha value is -3.03. The van der Waals surface area contributed by atoms with Crippen molar-refractivity contribution in [2.24, 2.45) is 0 Å². The molecule has 0 saturated heterocycles. The number of carbonyl (C=O) groups is 1. The van der Waals surface area contributed by atoms with Crippen molar-refractivity contribution in [3.63, 3.8) is 0 Å². The molecule has 28 heavy (non-hydrogen) atoms. The Morgan fingerprint density at radius 2 is 1.68 bits per heavy atom. The Balaban J connectivity index is 1.73. The Kier molecular flexibility index (Phi) is 5.87. The smallest absolute Gasteiger partial charge is 0.255 e. The van der Waals surface area contributed by atoms with Crippen LogP contribution in [0.3, 0.4) is 0 Å². The molecule has 2 N–H and O–H groups in total. The molecule has 0 aliphatic heterocycles. The zero-order valence-corrected chi connectivity index (χ0v) is 16.0. The number of rotatable bonds is 6. The molecule has 0 aliphatic rings. The van der Waals surface area contributed by atoms with E-state index in [2.05, 4.69) is 10.0 Å². The number of amides is 1. The Morgan fingerprint density at radius 3 is 2.39 bits per heavy atom. The van der Waals surface area contributed by atoms with Crippen molar-refractivity contribution in [2.75, 3.05) is 5.32 Å². The van der Waals surface area contributed by atoms with Gasteiger partial charge in [-0.15, -0.1) is 0 Å². The molecule has 0 radical (unpaired) electrons. The minimum absolute atomic E-state index is 0.00749. The molecule has 0 bridgehead atoms. The van der Waals surface area contributed by atoms with E-state index in [1.165, 1.54) is 48.5 Å². The fraction of sp³-hybridized carbons (Fsp3) is 0.0952. The summed E-state index contributed by atoms with van der Waals surface area (Å²) in [7, 11) is -3.79. The monoisotopic (exact) mass is 398 g/mol. The number of carbonyl (C=O) groups excluding carboxylic acids is 1. The number of benzene rings is 3. The van der Waals surface area contributed by atoms with Crippen molar-refractivity contribution in [3.8, 4) is 0 Å². The average molecular weight is 398 g/mol. The standard InChI is InChI=1S/C21H19FN2O3S/c1-15-4-2-5-16(12-15)14-23-28(26,27)20-7-3-6-17(13-20)21(25)24-19-10-8-18(22)9-11-19/h2-13,23H,14H2,1H3,(H,24,25). The third-order valence-electron chi connectivity index (χ3n) is 4.06. The largest absolute Gasteiger partial charge is 0.322 e. The van der Waals surface area contributed by atoms with Crippen LogP contribution >= 0.6 is 0 Å². The first-order chi connectivity index (χ1) is 13.3. The van der Waals surface area contributed by atoms with Crippen LogP contribution in [0.15, 0.2) is 77.7 Å². The average Bonchev–Trinajstić information content (AvgIpc) is 2.68. The van der Waals surface area contributed by atoms with Crippen LogP contribution in [0.2, 0.25) is 0 Å². The Labute approximate surface area is 163 Å². The van der Waals surface area contributed by atoms with E-state index in [0.29, 0.717) is 5.69 Å². The van der Waals surface area contributed by atoms with Gasteiger partial charge in [0.15, 0.2) is 0 Å². The van der Waals surface area contributed by atoms with Gasteiger partial charge in [-0.1, -0.05) is 35.9 Å². The second kappa shape index (κ2) is 8.33. The van der Waals surface area contributed by atoms with Crippen molar-refractivity contribution in [1.29, 1.82) is 0 Å². The maximum atomic E-state index is 13.0. The molecule has 1 amide bonds. The summed E-state index contributed by atoms with van der Waals surface area (Å²) in [4.78, 5) is 12.4. The molecule has 7 heteroatoms. The lowest BCUT2D eigenvalue weighted by Crippen LogP contribution is -2.23. The van der Waals surface area contributed by atoms with Crippen molar-refractivity contribution in [1.82, 2.24) is 4.72 Å². The summed E-state index contributed by atoms with van der Waals surface area (Å²) in [5.74, 6) is -0.895. The van der Waals surface area contributed by atoms with Crippen LogP contribution in [0.25, 0.3) is 0 Å². The third-order valence-corrected chi connectivity index (χ3v) is 5.46. The highest BCUT2D eigenvalue weighted by molar-refractivity contribution is 7.89. The van der Waals surface area contributed by atoms with E-state index in [4.69, 9.17) is 0 Å². The van der Waals surface area contributed by atoms with Gasteiger partial charge in [-0.25, -0.2) is 17.5 Å². The minimum Gasteiger partial charge on any atom is -0.322 e. The normalized spacial score (nSPS) is 11.2. The van der Waals surface area contributed by atoms with Gasteiger partial charge in [0.25, 0.3) is 5.91 Å². The van der Waals surface area contributed by atoms with E-state index < -0.39 is 21.7 Å². The van der Waals surface area contributed by atoms with Crippen LogP contribution in [0.4, 0.5) is 10.1 Å². The number of nitrogens with one attached hydrogen (secondary N) is 2. The van der Waals surface area contributed by atoms with Gasteiger partial charge in [0.05, 0.1) is 4.90 Å². The molecule has 3 aromatic rings. The molecule has 0 atom stereocenters. The third kappa shape index (κ3) is 5.03. The highest BCUT2D eigenvalue weighted by atomic mass is 32.2. The molecule has 0 aromatic heterocycles. The van der Waals surface area contributed by atoms with E-state index in [-0.39, 0.29) is 17.0 Å². The highest BCUT2D eigenvalue weighted by Gasteiger charge is 2.16. The second-order valence-electron chi connectivity index (χ2n) is 6.30. The highest BCUT2D eigenvalue weighted by Crippen LogP contribution is 2.15. The van der Waals surface area contributed by atoms with E-state index in [1.54, 1.807) is 0 Å². The van der Waals surface area contributed by atoms with Crippen LogP contribution in [-0.2, 0) is 16.6 Å². The van der Waals surface area contributed by atoms with E-state index in [9.17, 15) is 17.6 Å². The minimum atomic E-state index is -3.79. The van der Waals surface area contributed by atoms with Gasteiger partial charge in [0.1, 0.15) is 5.82 Å². The molecule has 0 unspecified atom stereocenters. The molecule has 144 valence electrons. The van der Waals surface area contributed by atoms with Crippen molar-refractivity contribution in [2.45, 2.75) is 18.4 Å². The lowest BCUT2D eigenvalue weighted by Gasteiger charge is -2.10. The van der Waals surface area contributed by atoms with Crippen LogP contribution in [0.1, 0.15) is 21.5 Å². The van der Waals surface area contributed by atoms with Crippen molar-refractivity contribution < 1.29 is 17.6 Å². The maximum Gasteiger partial charge on any atom is 0.255 e. The predicted molar refractivity (Wildman–Crippen MR) is 106 cm³/mol. The summed E-state index contributed by atoms with van der Waals surface area (Å²) in [5.41, 5.74) is 2.48. The molecular weight excluding hydrogens is 379 g/mol. The molecule has 0 heterocycles.